The highest BCUT2D eigenvalue weighted by Gasteiger charge is 2.21. The molecule has 0 aromatic heterocycles. The first kappa shape index (κ1) is 24.5. The van der Waals surface area contributed by atoms with Crippen LogP contribution in [-0.4, -0.2) is 67.9 Å². The van der Waals surface area contributed by atoms with Crippen LogP contribution in [-0.2, 0) is 4.74 Å². The van der Waals surface area contributed by atoms with Crippen molar-refractivity contribution in [3.8, 4) is 0 Å². The largest absolute Gasteiger partial charge is 0.444 e. The van der Waals surface area contributed by atoms with Gasteiger partial charge in [-0.2, -0.15) is 0 Å². The lowest BCUT2D eigenvalue weighted by Gasteiger charge is -2.33. The molecule has 0 radical (unpaired) electrons. The third-order valence-electron chi connectivity index (χ3n) is 4.85. The van der Waals surface area contributed by atoms with Crippen LogP contribution in [0.4, 0.5) is 4.79 Å². The first-order valence-electron chi connectivity index (χ1n) is 11.0. The van der Waals surface area contributed by atoms with Crippen LogP contribution >= 0.6 is 0 Å². The monoisotopic (exact) mass is 397 g/mol. The normalized spacial score (nSPS) is 17.9. The Labute approximate surface area is 172 Å². The van der Waals surface area contributed by atoms with E-state index in [0.717, 1.165) is 44.7 Å². The van der Waals surface area contributed by atoms with Crippen molar-refractivity contribution in [2.75, 3.05) is 33.2 Å². The van der Waals surface area contributed by atoms with Gasteiger partial charge in [0.05, 0.1) is 0 Å². The van der Waals surface area contributed by atoms with E-state index in [1.54, 1.807) is 7.05 Å². The molecule has 0 saturated carbocycles. The number of rotatable bonds is 9. The first-order chi connectivity index (χ1) is 13.3. The zero-order chi connectivity index (χ0) is 21.0. The van der Waals surface area contributed by atoms with Crippen LogP contribution in [0.15, 0.2) is 4.99 Å². The Morgan fingerprint density at radius 2 is 1.89 bits per heavy atom. The second-order valence-corrected chi connectivity index (χ2v) is 8.70. The number of nitrogens with one attached hydrogen (secondary N) is 3. The number of likely N-dealkylation sites (tertiary alicyclic amines) is 1. The summed E-state index contributed by atoms with van der Waals surface area (Å²) in [6.45, 7) is 14.1. The summed E-state index contributed by atoms with van der Waals surface area (Å²) in [7, 11) is 1.79. The van der Waals surface area contributed by atoms with E-state index in [1.807, 2.05) is 20.8 Å². The zero-order valence-electron chi connectivity index (χ0n) is 18.9. The number of guanidine groups is 1. The average Bonchev–Trinajstić information content (AvgIpc) is 2.62. The van der Waals surface area contributed by atoms with Crippen molar-refractivity contribution >= 4 is 12.1 Å². The van der Waals surface area contributed by atoms with Gasteiger partial charge in [-0.1, -0.05) is 26.7 Å². The molecule has 1 atom stereocenters. The molecule has 1 unspecified atom stereocenters. The van der Waals surface area contributed by atoms with Gasteiger partial charge in [-0.05, 0) is 53.0 Å². The summed E-state index contributed by atoms with van der Waals surface area (Å²) in [4.78, 5) is 19.0. The van der Waals surface area contributed by atoms with Crippen molar-refractivity contribution in [2.24, 2.45) is 4.99 Å². The van der Waals surface area contributed by atoms with E-state index in [4.69, 9.17) is 4.74 Å². The second kappa shape index (κ2) is 12.9. The molecule has 7 nitrogen and oxygen atoms in total. The van der Waals surface area contributed by atoms with Gasteiger partial charge in [0.25, 0.3) is 0 Å². The fourth-order valence-corrected chi connectivity index (χ4v) is 3.34. The lowest BCUT2D eigenvalue weighted by Crippen LogP contribution is -2.52. The average molecular weight is 398 g/mol. The molecule has 28 heavy (non-hydrogen) atoms. The third-order valence-corrected chi connectivity index (χ3v) is 4.85. The molecule has 7 heteroatoms. The van der Waals surface area contributed by atoms with Crippen molar-refractivity contribution in [1.82, 2.24) is 20.9 Å². The summed E-state index contributed by atoms with van der Waals surface area (Å²) in [5.41, 5.74) is -0.488. The van der Waals surface area contributed by atoms with Crippen LogP contribution < -0.4 is 16.0 Å². The molecule has 1 saturated heterocycles. The maximum atomic E-state index is 12.1. The summed E-state index contributed by atoms with van der Waals surface area (Å²) < 4.78 is 5.38. The highest BCUT2D eigenvalue weighted by molar-refractivity contribution is 5.80. The Balaban J connectivity index is 2.41. The number of hydrogen-bond acceptors (Lipinski definition) is 4. The fraction of sp³-hybridized carbons (Fsp3) is 0.905. The zero-order valence-corrected chi connectivity index (χ0v) is 18.9. The van der Waals surface area contributed by atoms with Gasteiger partial charge >= 0.3 is 6.09 Å². The van der Waals surface area contributed by atoms with E-state index in [0.29, 0.717) is 12.6 Å². The van der Waals surface area contributed by atoms with Crippen molar-refractivity contribution in [3.05, 3.63) is 0 Å². The smallest absolute Gasteiger partial charge is 0.407 e. The molecule has 1 rings (SSSR count). The number of amides is 1. The molecule has 0 aliphatic carbocycles. The lowest BCUT2D eigenvalue weighted by molar-refractivity contribution is 0.0502. The minimum Gasteiger partial charge on any atom is -0.444 e. The van der Waals surface area contributed by atoms with Crippen molar-refractivity contribution in [1.29, 1.82) is 0 Å². The molecule has 1 aliphatic rings. The Morgan fingerprint density at radius 1 is 1.21 bits per heavy atom. The van der Waals surface area contributed by atoms with Crippen molar-refractivity contribution < 1.29 is 9.53 Å². The summed E-state index contributed by atoms with van der Waals surface area (Å²) in [5.74, 6) is 0.805. The number of alkyl carbamates (subject to hydrolysis) is 1. The molecule has 1 aliphatic heterocycles. The Kier molecular flexibility index (Phi) is 11.3. The predicted molar refractivity (Wildman–Crippen MR) is 117 cm³/mol. The van der Waals surface area contributed by atoms with E-state index in [-0.39, 0.29) is 12.1 Å². The minimum atomic E-state index is -0.488. The third kappa shape index (κ3) is 10.7. The number of ether oxygens (including phenoxy) is 1. The SMILES string of the molecule is CCCCN1CCC(NC(=NC)NCC(CCC)NC(=O)OC(C)(C)C)CC1. The van der Waals surface area contributed by atoms with Gasteiger partial charge in [0.15, 0.2) is 5.96 Å². The standard InChI is InChI=1S/C21H43N5O2/c1-7-9-13-26-14-11-17(12-15-26)24-19(22-6)23-16-18(10-8-2)25-20(27)28-21(3,4)5/h17-18H,7-16H2,1-6H3,(H,25,27)(H2,22,23,24). The van der Waals surface area contributed by atoms with Crippen LogP contribution in [0.3, 0.4) is 0 Å². The Hall–Kier alpha value is -1.50. The number of unbranched alkanes of at least 4 members (excludes halogenated alkanes) is 1. The van der Waals surface area contributed by atoms with Crippen molar-refractivity contribution in [2.45, 2.75) is 90.8 Å². The molecule has 0 bridgehead atoms. The predicted octanol–water partition coefficient (Wildman–Crippen LogP) is 3.11. The van der Waals surface area contributed by atoms with Crippen LogP contribution in [0.25, 0.3) is 0 Å². The van der Waals surface area contributed by atoms with Crippen LogP contribution in [0, 0.1) is 0 Å². The van der Waals surface area contributed by atoms with E-state index in [9.17, 15) is 4.79 Å². The van der Waals surface area contributed by atoms with E-state index in [1.165, 1.54) is 19.4 Å². The number of nitrogens with zero attached hydrogens (tertiary/aromatic N) is 2. The van der Waals surface area contributed by atoms with Gasteiger partial charge in [-0.3, -0.25) is 4.99 Å². The topological polar surface area (TPSA) is 78.0 Å². The summed E-state index contributed by atoms with van der Waals surface area (Å²) in [5, 5.41) is 9.88. The number of carbonyl (C=O) groups is 1. The molecule has 3 N–H and O–H groups in total. The molecule has 164 valence electrons. The van der Waals surface area contributed by atoms with E-state index >= 15 is 0 Å². The minimum absolute atomic E-state index is 0.00860. The molecule has 1 fully saturated rings. The van der Waals surface area contributed by atoms with Crippen LogP contribution in [0.5, 0.6) is 0 Å². The highest BCUT2D eigenvalue weighted by atomic mass is 16.6. The lowest BCUT2D eigenvalue weighted by atomic mass is 10.0. The number of aliphatic imine (C=N–C) groups is 1. The molecule has 1 heterocycles. The molecule has 1 amide bonds. The van der Waals surface area contributed by atoms with Gasteiger partial charge in [0.2, 0.25) is 0 Å². The maximum Gasteiger partial charge on any atom is 0.407 e. The Bertz CT molecular complexity index is 468. The molecular formula is C21H43N5O2. The molecule has 0 aromatic rings. The van der Waals surface area contributed by atoms with Crippen LogP contribution in [0.2, 0.25) is 0 Å². The maximum absolute atomic E-state index is 12.1. The number of piperidine rings is 1. The summed E-state index contributed by atoms with van der Waals surface area (Å²) >= 11 is 0. The van der Waals surface area contributed by atoms with Gasteiger partial charge in [-0.15, -0.1) is 0 Å². The first-order valence-corrected chi connectivity index (χ1v) is 11.0. The Morgan fingerprint density at radius 3 is 2.43 bits per heavy atom. The molecule has 0 aromatic carbocycles. The van der Waals surface area contributed by atoms with E-state index < -0.39 is 5.60 Å². The number of hydrogen-bond donors (Lipinski definition) is 3. The highest BCUT2D eigenvalue weighted by Crippen LogP contribution is 2.11. The van der Waals surface area contributed by atoms with Crippen molar-refractivity contribution in [3.63, 3.8) is 0 Å². The van der Waals surface area contributed by atoms with Gasteiger partial charge in [0.1, 0.15) is 5.60 Å². The van der Waals surface area contributed by atoms with Crippen LogP contribution in [0.1, 0.15) is 73.1 Å². The second-order valence-electron chi connectivity index (χ2n) is 8.70. The van der Waals surface area contributed by atoms with Gasteiger partial charge in [-0.25, -0.2) is 4.79 Å². The fourth-order valence-electron chi connectivity index (χ4n) is 3.34. The molecular weight excluding hydrogens is 354 g/mol. The van der Waals surface area contributed by atoms with E-state index in [2.05, 4.69) is 39.7 Å². The van der Waals surface area contributed by atoms with Gasteiger partial charge in [0, 0.05) is 38.8 Å². The van der Waals surface area contributed by atoms with Gasteiger partial charge < -0.3 is 25.6 Å². The molecule has 0 spiro atoms. The summed E-state index contributed by atoms with van der Waals surface area (Å²) in [6, 6.07) is 0.460. The summed E-state index contributed by atoms with van der Waals surface area (Å²) in [6.07, 6.45) is 6.33. The number of carbonyl (C=O) groups excluding carboxylic acids is 1. The quantitative estimate of drug-likeness (QED) is 0.412.